The maximum Gasteiger partial charge on any atom is 0.326 e. The lowest BCUT2D eigenvalue weighted by atomic mass is 10.6. The van der Waals surface area contributed by atoms with Gasteiger partial charge in [0, 0.05) is 20.6 Å². The number of nitrogens with zero attached hydrogens (tertiary/aromatic N) is 3. The van der Waals surface area contributed by atoms with Gasteiger partial charge in [-0.25, -0.2) is 9.44 Å². The molecule has 0 radical (unpaired) electrons. The van der Waals surface area contributed by atoms with Crippen molar-refractivity contribution < 1.29 is 8.42 Å². The SMILES string of the molecule is CCN1C(=NC)NS(=O)(=O)NC1=NC. The lowest BCUT2D eigenvalue weighted by Crippen LogP contribution is -2.61. The van der Waals surface area contributed by atoms with Crippen LogP contribution in [0.2, 0.25) is 0 Å². The molecule has 1 rings (SSSR count). The van der Waals surface area contributed by atoms with E-state index in [1.165, 1.54) is 14.1 Å². The smallest absolute Gasteiger partial charge is 0.282 e. The lowest BCUT2D eigenvalue weighted by molar-refractivity contribution is 0.551. The van der Waals surface area contributed by atoms with E-state index in [1.54, 1.807) is 4.90 Å². The zero-order valence-corrected chi connectivity index (χ0v) is 9.09. The number of nitrogens with one attached hydrogen (secondary N) is 2. The van der Waals surface area contributed by atoms with Crippen molar-refractivity contribution in [3.05, 3.63) is 0 Å². The van der Waals surface area contributed by atoms with Gasteiger partial charge in [-0.3, -0.25) is 14.9 Å². The van der Waals surface area contributed by atoms with Crippen molar-refractivity contribution in [2.24, 2.45) is 9.98 Å². The molecule has 0 aromatic heterocycles. The third-order valence-corrected chi connectivity index (χ3v) is 2.61. The second-order valence-electron chi connectivity index (χ2n) is 2.55. The van der Waals surface area contributed by atoms with Crippen LogP contribution in [0.3, 0.4) is 0 Å². The number of rotatable bonds is 1. The van der Waals surface area contributed by atoms with Crippen molar-refractivity contribution in [2.75, 3.05) is 20.6 Å². The second-order valence-corrected chi connectivity index (χ2v) is 3.96. The number of hydrogen-bond donors (Lipinski definition) is 2. The fourth-order valence-corrected chi connectivity index (χ4v) is 2.04. The Labute approximate surface area is 83.1 Å². The summed E-state index contributed by atoms with van der Waals surface area (Å²) < 4.78 is 27.0. The van der Waals surface area contributed by atoms with Crippen LogP contribution in [-0.4, -0.2) is 45.9 Å². The molecule has 0 aromatic rings. The third-order valence-electron chi connectivity index (χ3n) is 1.70. The van der Waals surface area contributed by atoms with Gasteiger partial charge in [0.2, 0.25) is 11.9 Å². The van der Waals surface area contributed by atoms with Crippen LogP contribution in [0.15, 0.2) is 9.98 Å². The summed E-state index contributed by atoms with van der Waals surface area (Å²) in [6.45, 7) is 2.45. The summed E-state index contributed by atoms with van der Waals surface area (Å²) in [5, 5.41) is 0. The molecule has 0 saturated carbocycles. The van der Waals surface area contributed by atoms with Gasteiger partial charge >= 0.3 is 10.2 Å². The van der Waals surface area contributed by atoms with E-state index in [2.05, 4.69) is 19.4 Å². The van der Waals surface area contributed by atoms with E-state index in [9.17, 15) is 8.42 Å². The number of aliphatic imine (C=N–C) groups is 2. The molecule has 0 bridgehead atoms. The van der Waals surface area contributed by atoms with Gasteiger partial charge in [-0.15, -0.1) is 0 Å². The van der Waals surface area contributed by atoms with E-state index in [1.807, 2.05) is 6.92 Å². The van der Waals surface area contributed by atoms with Gasteiger partial charge < -0.3 is 0 Å². The molecule has 7 nitrogen and oxygen atoms in total. The Bertz CT molecular complexity index is 344. The summed E-state index contributed by atoms with van der Waals surface area (Å²) in [4.78, 5) is 9.28. The van der Waals surface area contributed by atoms with Crippen molar-refractivity contribution in [3.63, 3.8) is 0 Å². The van der Waals surface area contributed by atoms with Crippen molar-refractivity contribution in [1.82, 2.24) is 14.3 Å². The molecule has 0 spiro atoms. The van der Waals surface area contributed by atoms with E-state index in [-0.39, 0.29) is 11.9 Å². The van der Waals surface area contributed by atoms with Crippen LogP contribution in [-0.2, 0) is 10.2 Å². The van der Waals surface area contributed by atoms with Crippen LogP contribution in [0.1, 0.15) is 6.92 Å². The maximum atomic E-state index is 11.2. The van der Waals surface area contributed by atoms with Gasteiger partial charge in [0.05, 0.1) is 0 Å². The average molecular weight is 219 g/mol. The molecule has 80 valence electrons. The van der Waals surface area contributed by atoms with Gasteiger partial charge in [0.1, 0.15) is 0 Å². The van der Waals surface area contributed by atoms with E-state index >= 15 is 0 Å². The van der Waals surface area contributed by atoms with Crippen molar-refractivity contribution in [2.45, 2.75) is 6.92 Å². The van der Waals surface area contributed by atoms with E-state index in [0.29, 0.717) is 6.54 Å². The van der Waals surface area contributed by atoms with Crippen LogP contribution in [0.25, 0.3) is 0 Å². The predicted octanol–water partition coefficient (Wildman–Crippen LogP) is -1.28. The largest absolute Gasteiger partial charge is 0.326 e. The number of hydrogen-bond acceptors (Lipinski definition) is 4. The highest BCUT2D eigenvalue weighted by Crippen LogP contribution is 1.99. The fraction of sp³-hybridized carbons (Fsp3) is 0.667. The van der Waals surface area contributed by atoms with Gasteiger partial charge in [0.15, 0.2) is 0 Å². The number of guanidine groups is 2. The zero-order valence-electron chi connectivity index (χ0n) is 8.27. The van der Waals surface area contributed by atoms with Gasteiger partial charge in [-0.05, 0) is 6.92 Å². The Kier molecular flexibility index (Phi) is 2.94. The lowest BCUT2D eigenvalue weighted by Gasteiger charge is -2.30. The Morgan fingerprint density at radius 1 is 1.21 bits per heavy atom. The summed E-state index contributed by atoms with van der Waals surface area (Å²) in [6.07, 6.45) is 0. The predicted molar refractivity (Wildman–Crippen MR) is 54.3 cm³/mol. The Morgan fingerprint density at radius 2 is 1.64 bits per heavy atom. The summed E-state index contributed by atoms with van der Waals surface area (Å²) in [5.74, 6) is 0.540. The molecular formula is C6H13N5O2S. The van der Waals surface area contributed by atoms with Crippen LogP contribution in [0.5, 0.6) is 0 Å². The van der Waals surface area contributed by atoms with Gasteiger partial charge in [-0.1, -0.05) is 0 Å². The normalized spacial score (nSPS) is 26.1. The highest BCUT2D eigenvalue weighted by atomic mass is 32.2. The molecule has 0 unspecified atom stereocenters. The summed E-state index contributed by atoms with van der Waals surface area (Å²) >= 11 is 0. The van der Waals surface area contributed by atoms with Gasteiger partial charge in [0.25, 0.3) is 0 Å². The Balaban J connectivity index is 3.10. The highest BCUT2D eigenvalue weighted by Gasteiger charge is 2.28. The Hall–Kier alpha value is -1.31. The van der Waals surface area contributed by atoms with Crippen molar-refractivity contribution in [1.29, 1.82) is 0 Å². The van der Waals surface area contributed by atoms with Crippen LogP contribution >= 0.6 is 0 Å². The van der Waals surface area contributed by atoms with Crippen LogP contribution in [0.4, 0.5) is 0 Å². The molecule has 1 heterocycles. The topological polar surface area (TPSA) is 86.2 Å². The minimum atomic E-state index is -3.55. The van der Waals surface area contributed by atoms with Crippen LogP contribution < -0.4 is 9.44 Å². The molecule has 1 aliphatic heterocycles. The molecule has 8 heteroatoms. The third kappa shape index (κ3) is 1.95. The molecule has 1 fully saturated rings. The first-order valence-electron chi connectivity index (χ1n) is 4.05. The van der Waals surface area contributed by atoms with E-state index in [4.69, 9.17) is 0 Å². The standard InChI is InChI=1S/C6H13N5O2S/c1-4-11-5(7-2)9-14(12,13)10-6(11)8-3/h4H2,1-3H3,(H,7,9)(H,8,10). The molecular weight excluding hydrogens is 206 g/mol. The highest BCUT2D eigenvalue weighted by molar-refractivity contribution is 7.88. The molecule has 0 atom stereocenters. The minimum absolute atomic E-state index is 0.270. The first-order valence-corrected chi connectivity index (χ1v) is 5.54. The molecule has 0 aromatic carbocycles. The molecule has 0 amide bonds. The summed E-state index contributed by atoms with van der Waals surface area (Å²) in [6, 6.07) is 0. The van der Waals surface area contributed by atoms with Crippen molar-refractivity contribution >= 4 is 22.1 Å². The van der Waals surface area contributed by atoms with Crippen LogP contribution in [0, 0.1) is 0 Å². The second kappa shape index (κ2) is 3.82. The zero-order chi connectivity index (χ0) is 10.8. The first kappa shape index (κ1) is 10.8. The molecule has 14 heavy (non-hydrogen) atoms. The average Bonchev–Trinajstić information content (AvgIpc) is 2.15. The van der Waals surface area contributed by atoms with E-state index < -0.39 is 10.2 Å². The monoisotopic (exact) mass is 219 g/mol. The summed E-state index contributed by atoms with van der Waals surface area (Å²) in [7, 11) is -0.526. The van der Waals surface area contributed by atoms with E-state index in [0.717, 1.165) is 0 Å². The minimum Gasteiger partial charge on any atom is -0.282 e. The molecule has 2 N–H and O–H groups in total. The first-order chi connectivity index (χ1) is 6.54. The van der Waals surface area contributed by atoms with Gasteiger partial charge in [-0.2, -0.15) is 8.42 Å². The quantitative estimate of drug-likeness (QED) is 0.576. The summed E-state index contributed by atoms with van der Waals surface area (Å²) in [5.41, 5.74) is 0. The molecule has 1 saturated heterocycles. The molecule has 0 aliphatic carbocycles. The Morgan fingerprint density at radius 3 is 1.93 bits per heavy atom. The van der Waals surface area contributed by atoms with Crippen molar-refractivity contribution in [3.8, 4) is 0 Å². The fourth-order valence-electron chi connectivity index (χ4n) is 1.11. The molecule has 1 aliphatic rings. The maximum absolute atomic E-state index is 11.2.